The number of phenolic OH excluding ortho intramolecular Hbond substituents is 1. The number of Topliss-reactive ketones (excluding diaryl/α,β-unsaturated/α-hetero) is 2. The van der Waals surface area contributed by atoms with Gasteiger partial charge in [0, 0.05) is 18.1 Å². The van der Waals surface area contributed by atoms with Crippen LogP contribution in [0, 0.1) is 0 Å². The molecule has 0 unspecified atom stereocenters. The fraction of sp³-hybridized carbons (Fsp3) is 0.500. The number of aliphatic hydroxyl groups is 3. The predicted molar refractivity (Wildman–Crippen MR) is 77.1 cm³/mol. The number of benzene rings is 1. The van der Waals surface area contributed by atoms with Crippen molar-refractivity contribution in [1.82, 2.24) is 0 Å². The van der Waals surface area contributed by atoms with Crippen molar-refractivity contribution in [2.75, 3.05) is 7.11 Å². The Labute approximate surface area is 136 Å². The third-order valence-electron chi connectivity index (χ3n) is 5.36. The molecule has 1 heterocycles. The number of ketones is 2. The smallest absolute Gasteiger partial charge is 0.205 e. The van der Waals surface area contributed by atoms with Crippen molar-refractivity contribution in [2.45, 2.75) is 42.4 Å². The molecule has 0 amide bonds. The van der Waals surface area contributed by atoms with Crippen LogP contribution in [0.15, 0.2) is 12.1 Å². The summed E-state index contributed by atoms with van der Waals surface area (Å²) in [5.74, 6) is -1.72. The number of carbonyl (C=O) groups excluding carboxylic acids is 2. The largest absolute Gasteiger partial charge is 0.507 e. The molecule has 0 bridgehead atoms. The predicted octanol–water partition coefficient (Wildman–Crippen LogP) is -0.836. The van der Waals surface area contributed by atoms with Crippen LogP contribution in [0.2, 0.25) is 0 Å². The van der Waals surface area contributed by atoms with Gasteiger partial charge in [-0.3, -0.25) is 9.59 Å². The van der Waals surface area contributed by atoms with E-state index in [1.54, 1.807) is 0 Å². The molecule has 5 atom stereocenters. The first kappa shape index (κ1) is 15.5. The Balaban J connectivity index is 1.96. The molecule has 1 aromatic rings. The van der Waals surface area contributed by atoms with Gasteiger partial charge in [0.1, 0.15) is 23.7 Å². The molecule has 8 heteroatoms. The van der Waals surface area contributed by atoms with Gasteiger partial charge in [-0.1, -0.05) is 0 Å². The number of hydrogen-bond acceptors (Lipinski definition) is 8. The zero-order valence-corrected chi connectivity index (χ0v) is 12.9. The van der Waals surface area contributed by atoms with E-state index in [0.717, 1.165) is 0 Å². The van der Waals surface area contributed by atoms with Crippen molar-refractivity contribution in [3.63, 3.8) is 0 Å². The number of fused-ring (bicyclic) bond motifs is 1. The van der Waals surface area contributed by atoms with Crippen molar-refractivity contribution < 1.29 is 39.5 Å². The minimum absolute atomic E-state index is 0.0932. The molecule has 0 spiro atoms. The molecule has 128 valence electrons. The van der Waals surface area contributed by atoms with Gasteiger partial charge in [-0.25, -0.2) is 0 Å². The Kier molecular flexibility index (Phi) is 2.68. The third kappa shape index (κ3) is 1.43. The van der Waals surface area contributed by atoms with E-state index >= 15 is 0 Å². The van der Waals surface area contributed by atoms with Crippen molar-refractivity contribution in [2.24, 2.45) is 0 Å². The Morgan fingerprint density at radius 3 is 2.50 bits per heavy atom. The second-order valence-corrected chi connectivity index (χ2v) is 6.82. The highest BCUT2D eigenvalue weighted by molar-refractivity contribution is 6.27. The van der Waals surface area contributed by atoms with Crippen molar-refractivity contribution >= 4 is 11.6 Å². The summed E-state index contributed by atoms with van der Waals surface area (Å²) < 4.78 is 10.4. The first-order valence-corrected chi connectivity index (χ1v) is 7.41. The number of hydrogen-bond donors (Lipinski definition) is 4. The molecule has 3 aliphatic rings. The second-order valence-electron chi connectivity index (χ2n) is 6.82. The summed E-state index contributed by atoms with van der Waals surface area (Å²) in [7, 11) is 1.35. The maximum Gasteiger partial charge on any atom is 0.205 e. The average Bonchev–Trinajstić information content (AvgIpc) is 3.21. The Hall–Kier alpha value is -2.00. The summed E-state index contributed by atoms with van der Waals surface area (Å²) in [6.07, 6.45) is -3.82. The minimum Gasteiger partial charge on any atom is -0.507 e. The van der Waals surface area contributed by atoms with Crippen LogP contribution in [0.25, 0.3) is 0 Å². The Morgan fingerprint density at radius 2 is 1.88 bits per heavy atom. The summed E-state index contributed by atoms with van der Waals surface area (Å²) in [5.41, 5.74) is -5.91. The number of phenols is 1. The van der Waals surface area contributed by atoms with E-state index < -0.39 is 46.3 Å². The van der Waals surface area contributed by atoms with E-state index in [9.17, 15) is 30.0 Å². The van der Waals surface area contributed by atoms with Crippen LogP contribution in [-0.2, 0) is 4.74 Å². The quantitative estimate of drug-likeness (QED) is 0.488. The standard InChI is InChI=1S/C16H16O8/c1-14(22)5-15-10(18)7-3-6(23-2)4-8(17)9(7)11(19)16(15,24-15)13(21)12(14)20/h3-4,12-13,17,20-22H,5H2,1-2H3/t12-,13+,14-,15-,16-/m0/s1. The van der Waals surface area contributed by atoms with E-state index in [0.29, 0.717) is 0 Å². The van der Waals surface area contributed by atoms with Crippen LogP contribution in [0.4, 0.5) is 0 Å². The minimum atomic E-state index is -1.98. The number of rotatable bonds is 1. The highest BCUT2D eigenvalue weighted by atomic mass is 16.7. The number of aromatic hydroxyl groups is 1. The van der Waals surface area contributed by atoms with E-state index in [4.69, 9.17) is 9.47 Å². The lowest BCUT2D eigenvalue weighted by Gasteiger charge is -2.42. The Bertz CT molecular complexity index is 800. The first-order chi connectivity index (χ1) is 11.1. The van der Waals surface area contributed by atoms with E-state index in [2.05, 4.69) is 0 Å². The molecule has 1 aromatic carbocycles. The highest BCUT2D eigenvalue weighted by Crippen LogP contribution is 2.65. The van der Waals surface area contributed by atoms with Gasteiger partial charge in [-0.2, -0.15) is 0 Å². The zero-order valence-electron chi connectivity index (χ0n) is 12.9. The molecule has 1 saturated carbocycles. The molecule has 1 saturated heterocycles. The molecular formula is C16H16O8. The average molecular weight is 336 g/mol. The summed E-state index contributed by atoms with van der Waals surface area (Å²) >= 11 is 0. The lowest BCUT2D eigenvalue weighted by molar-refractivity contribution is -0.145. The van der Waals surface area contributed by atoms with Crippen molar-refractivity contribution in [1.29, 1.82) is 0 Å². The van der Waals surface area contributed by atoms with Gasteiger partial charge in [0.2, 0.25) is 5.78 Å². The van der Waals surface area contributed by atoms with Gasteiger partial charge in [-0.15, -0.1) is 0 Å². The lowest BCUT2D eigenvalue weighted by Crippen LogP contribution is -2.66. The van der Waals surface area contributed by atoms with Gasteiger partial charge in [-0.05, 0) is 13.0 Å². The highest BCUT2D eigenvalue weighted by Gasteiger charge is 2.88. The molecule has 0 aromatic heterocycles. The maximum absolute atomic E-state index is 13.0. The fourth-order valence-corrected chi connectivity index (χ4v) is 4.09. The maximum atomic E-state index is 13.0. The summed E-state index contributed by atoms with van der Waals surface area (Å²) in [6.45, 7) is 1.26. The van der Waals surface area contributed by atoms with Crippen LogP contribution in [0.5, 0.6) is 11.5 Å². The van der Waals surface area contributed by atoms with Gasteiger partial charge in [0.25, 0.3) is 0 Å². The van der Waals surface area contributed by atoms with Crippen LogP contribution >= 0.6 is 0 Å². The molecule has 2 fully saturated rings. The molecule has 4 N–H and O–H groups in total. The van der Waals surface area contributed by atoms with Crippen molar-refractivity contribution in [3.8, 4) is 11.5 Å². The van der Waals surface area contributed by atoms with Crippen LogP contribution in [-0.4, -0.2) is 68.1 Å². The van der Waals surface area contributed by atoms with Crippen LogP contribution in [0.3, 0.4) is 0 Å². The SMILES string of the molecule is COc1cc(O)c2c(c1)C(=O)[C@@]13C[C@](C)(O)[C@@H](O)[C@@H](O)[C@@]1(O3)C2=O. The number of methoxy groups -OCH3 is 1. The van der Waals surface area contributed by atoms with Gasteiger partial charge >= 0.3 is 0 Å². The monoisotopic (exact) mass is 336 g/mol. The summed E-state index contributed by atoms with van der Waals surface area (Å²) in [4.78, 5) is 25.9. The lowest BCUT2D eigenvalue weighted by atomic mass is 9.61. The number of ether oxygens (including phenoxy) is 2. The van der Waals surface area contributed by atoms with Crippen LogP contribution in [0.1, 0.15) is 34.1 Å². The summed E-state index contributed by atoms with van der Waals surface area (Å²) in [5, 5.41) is 41.0. The number of aliphatic hydroxyl groups excluding tert-OH is 2. The molecule has 4 rings (SSSR count). The normalized spacial score (nSPS) is 42.9. The molecular weight excluding hydrogens is 320 g/mol. The zero-order chi connectivity index (χ0) is 17.7. The van der Waals surface area contributed by atoms with E-state index in [1.807, 2.05) is 0 Å². The van der Waals surface area contributed by atoms with Crippen molar-refractivity contribution in [3.05, 3.63) is 23.3 Å². The van der Waals surface area contributed by atoms with E-state index in [1.165, 1.54) is 26.2 Å². The number of carbonyl (C=O) groups is 2. The van der Waals surface area contributed by atoms with Gasteiger partial charge in [0.05, 0.1) is 18.3 Å². The third-order valence-corrected chi connectivity index (χ3v) is 5.36. The molecule has 1 aliphatic heterocycles. The van der Waals surface area contributed by atoms with Gasteiger partial charge in [0.15, 0.2) is 17.0 Å². The molecule has 0 radical (unpaired) electrons. The molecule has 2 aliphatic carbocycles. The van der Waals surface area contributed by atoms with E-state index in [-0.39, 0.29) is 23.3 Å². The number of epoxide rings is 1. The fourth-order valence-electron chi connectivity index (χ4n) is 4.09. The summed E-state index contributed by atoms with van der Waals surface area (Å²) in [6, 6.07) is 2.49. The topological polar surface area (TPSA) is 137 Å². The molecule has 24 heavy (non-hydrogen) atoms. The first-order valence-electron chi connectivity index (χ1n) is 7.41. The second kappa shape index (κ2) is 4.15. The van der Waals surface area contributed by atoms with Gasteiger partial charge < -0.3 is 29.9 Å². The molecule has 8 nitrogen and oxygen atoms in total. The van der Waals surface area contributed by atoms with Crippen LogP contribution < -0.4 is 4.74 Å². The Morgan fingerprint density at radius 1 is 1.21 bits per heavy atom.